The number of imidazole rings is 1. The van der Waals surface area contributed by atoms with Gasteiger partial charge in [0.25, 0.3) is 0 Å². The highest BCUT2D eigenvalue weighted by Gasteiger charge is 2.19. The first-order chi connectivity index (χ1) is 21.3. The van der Waals surface area contributed by atoms with Crippen molar-refractivity contribution < 1.29 is 4.39 Å². The van der Waals surface area contributed by atoms with Crippen LogP contribution in [0.3, 0.4) is 0 Å². The number of pyridine rings is 1. The fourth-order valence-corrected chi connectivity index (χ4v) is 5.60. The SMILES string of the molecule is C=C1C=C(CN(C)CC(CC)CCc2ccn3c(-c4ccnc(N)n4)c(-c4ccc(F)cc4)nc3c2)C=CN1CCN=CN. The minimum atomic E-state index is -0.294. The van der Waals surface area contributed by atoms with Gasteiger partial charge in [0.2, 0.25) is 5.95 Å². The molecular formula is C34H40FN9. The molecule has 0 radical (unpaired) electrons. The van der Waals surface area contributed by atoms with E-state index in [1.807, 2.05) is 16.7 Å². The summed E-state index contributed by atoms with van der Waals surface area (Å²) >= 11 is 0. The number of aromatic nitrogens is 4. The predicted octanol–water partition coefficient (Wildman–Crippen LogP) is 5.33. The summed E-state index contributed by atoms with van der Waals surface area (Å²) in [6, 6.07) is 12.4. The predicted molar refractivity (Wildman–Crippen MR) is 176 cm³/mol. The molecule has 44 heavy (non-hydrogen) atoms. The molecule has 3 aromatic heterocycles. The van der Waals surface area contributed by atoms with E-state index < -0.39 is 0 Å². The molecule has 4 N–H and O–H groups in total. The number of rotatable bonds is 13. The van der Waals surface area contributed by atoms with E-state index in [1.54, 1.807) is 18.3 Å². The van der Waals surface area contributed by atoms with E-state index in [-0.39, 0.29) is 11.8 Å². The molecule has 4 heterocycles. The average molecular weight is 594 g/mol. The Morgan fingerprint density at radius 1 is 1.16 bits per heavy atom. The van der Waals surface area contributed by atoms with E-state index in [4.69, 9.17) is 16.5 Å². The number of allylic oxidation sites excluding steroid dienone is 1. The zero-order valence-electron chi connectivity index (χ0n) is 25.4. The van der Waals surface area contributed by atoms with Gasteiger partial charge >= 0.3 is 0 Å². The summed E-state index contributed by atoms with van der Waals surface area (Å²) in [5.41, 5.74) is 18.5. The molecule has 10 heteroatoms. The largest absolute Gasteiger partial charge is 0.390 e. The maximum atomic E-state index is 13.7. The number of aryl methyl sites for hydroxylation is 1. The van der Waals surface area contributed by atoms with Crippen LogP contribution in [0.25, 0.3) is 28.3 Å². The average Bonchev–Trinajstić information content (AvgIpc) is 3.39. The van der Waals surface area contributed by atoms with Gasteiger partial charge in [-0.15, -0.1) is 0 Å². The second-order valence-electron chi connectivity index (χ2n) is 11.2. The summed E-state index contributed by atoms with van der Waals surface area (Å²) in [7, 11) is 2.18. The van der Waals surface area contributed by atoms with Crippen LogP contribution in [0.2, 0.25) is 0 Å². The lowest BCUT2D eigenvalue weighted by molar-refractivity contribution is 0.280. The molecule has 228 valence electrons. The molecule has 4 aromatic rings. The smallest absolute Gasteiger partial charge is 0.220 e. The molecule has 0 spiro atoms. The van der Waals surface area contributed by atoms with Crippen LogP contribution in [0.4, 0.5) is 10.3 Å². The lowest BCUT2D eigenvalue weighted by Gasteiger charge is -2.27. The molecule has 0 saturated carbocycles. The van der Waals surface area contributed by atoms with Gasteiger partial charge in [-0.25, -0.2) is 19.3 Å². The summed E-state index contributed by atoms with van der Waals surface area (Å²) in [6.45, 7) is 9.73. The van der Waals surface area contributed by atoms with E-state index in [0.717, 1.165) is 61.5 Å². The van der Waals surface area contributed by atoms with Crippen molar-refractivity contribution in [1.82, 2.24) is 29.2 Å². The van der Waals surface area contributed by atoms with Gasteiger partial charge in [0.15, 0.2) is 0 Å². The van der Waals surface area contributed by atoms with Gasteiger partial charge in [-0.05, 0) is 91.6 Å². The van der Waals surface area contributed by atoms with E-state index in [2.05, 4.69) is 75.8 Å². The molecule has 1 aromatic carbocycles. The van der Waals surface area contributed by atoms with Gasteiger partial charge in [-0.1, -0.05) is 19.9 Å². The van der Waals surface area contributed by atoms with Crippen LogP contribution in [0.1, 0.15) is 25.3 Å². The van der Waals surface area contributed by atoms with E-state index >= 15 is 0 Å². The first kappa shape index (κ1) is 30.6. The van der Waals surface area contributed by atoms with Crippen molar-refractivity contribution in [1.29, 1.82) is 0 Å². The van der Waals surface area contributed by atoms with Gasteiger partial charge in [0.05, 0.1) is 30.0 Å². The first-order valence-corrected chi connectivity index (χ1v) is 14.9. The van der Waals surface area contributed by atoms with Gasteiger partial charge in [-0.3, -0.25) is 9.39 Å². The Kier molecular flexibility index (Phi) is 9.81. The lowest BCUT2D eigenvalue weighted by Crippen LogP contribution is -2.29. The quantitative estimate of drug-likeness (QED) is 0.159. The molecule has 1 aliphatic rings. The summed E-state index contributed by atoms with van der Waals surface area (Å²) in [4.78, 5) is 22.0. The number of fused-ring (bicyclic) bond motifs is 1. The van der Waals surface area contributed by atoms with Crippen molar-refractivity contribution in [3.05, 3.63) is 102 Å². The number of nitrogen functional groups attached to an aromatic ring is 1. The number of likely N-dealkylation sites (N-methyl/N-ethyl adjacent to an activating group) is 1. The van der Waals surface area contributed by atoms with Crippen LogP contribution in [0.15, 0.2) is 96.1 Å². The highest BCUT2D eigenvalue weighted by Crippen LogP contribution is 2.32. The van der Waals surface area contributed by atoms with Crippen molar-refractivity contribution in [2.24, 2.45) is 16.6 Å². The van der Waals surface area contributed by atoms with Crippen LogP contribution < -0.4 is 11.5 Å². The standard InChI is InChI=1S/C34H40FN9/c1-4-25(21-42(3)22-27-12-16-43(24(2)19-27)18-15-38-23-36)5-6-26-13-17-44-31(20-26)41-32(28-7-9-29(35)10-8-28)33(44)30-11-14-39-34(37)40-30/h7-14,16-17,19-20,23,25H,2,4-6,15,18,21-22H2,1,3H3,(H2,36,38)(H2,37,39,40). The number of aliphatic imine (C=N–C) groups is 1. The number of anilines is 1. The third kappa shape index (κ3) is 7.38. The highest BCUT2D eigenvalue weighted by atomic mass is 19.1. The number of halogens is 1. The number of nitrogens with two attached hydrogens (primary N) is 2. The minimum absolute atomic E-state index is 0.186. The molecular weight excluding hydrogens is 553 g/mol. The van der Waals surface area contributed by atoms with Gasteiger partial charge < -0.3 is 21.3 Å². The van der Waals surface area contributed by atoms with Crippen molar-refractivity contribution >= 4 is 17.9 Å². The van der Waals surface area contributed by atoms with E-state index in [0.29, 0.717) is 23.9 Å². The number of benzene rings is 1. The zero-order chi connectivity index (χ0) is 31.1. The van der Waals surface area contributed by atoms with Crippen molar-refractivity contribution in [3.63, 3.8) is 0 Å². The van der Waals surface area contributed by atoms with Gasteiger partial charge in [0, 0.05) is 49.5 Å². The van der Waals surface area contributed by atoms with Crippen LogP contribution in [-0.2, 0) is 6.42 Å². The molecule has 5 rings (SSSR count). The molecule has 9 nitrogen and oxygen atoms in total. The van der Waals surface area contributed by atoms with Gasteiger partial charge in [-0.2, -0.15) is 0 Å². The molecule has 1 unspecified atom stereocenters. The number of nitrogens with zero attached hydrogens (tertiary/aromatic N) is 7. The summed E-state index contributed by atoms with van der Waals surface area (Å²) in [5, 5.41) is 0. The molecule has 1 atom stereocenters. The van der Waals surface area contributed by atoms with Crippen LogP contribution in [0, 0.1) is 11.7 Å². The molecule has 0 fully saturated rings. The van der Waals surface area contributed by atoms with Crippen molar-refractivity contribution in [2.75, 3.05) is 39.0 Å². The Morgan fingerprint density at radius 3 is 2.70 bits per heavy atom. The third-order valence-corrected chi connectivity index (χ3v) is 7.93. The first-order valence-electron chi connectivity index (χ1n) is 14.9. The van der Waals surface area contributed by atoms with Crippen molar-refractivity contribution in [3.8, 4) is 22.6 Å². The maximum Gasteiger partial charge on any atom is 0.220 e. The second kappa shape index (κ2) is 14.1. The Bertz CT molecular complexity index is 1690. The maximum absolute atomic E-state index is 13.7. The lowest BCUT2D eigenvalue weighted by atomic mass is 9.96. The molecule has 1 aliphatic heterocycles. The van der Waals surface area contributed by atoms with Crippen molar-refractivity contribution in [2.45, 2.75) is 26.2 Å². The molecule has 0 bridgehead atoms. The highest BCUT2D eigenvalue weighted by molar-refractivity contribution is 5.80. The summed E-state index contributed by atoms with van der Waals surface area (Å²) in [6.07, 6.45) is 14.5. The summed E-state index contributed by atoms with van der Waals surface area (Å²) in [5.74, 6) is 0.440. The van der Waals surface area contributed by atoms with Crippen LogP contribution in [-0.4, -0.2) is 68.7 Å². The topological polar surface area (TPSA) is 114 Å². The Labute approximate surface area is 258 Å². The van der Waals surface area contributed by atoms with Crippen LogP contribution in [0.5, 0.6) is 0 Å². The monoisotopic (exact) mass is 593 g/mol. The van der Waals surface area contributed by atoms with E-state index in [9.17, 15) is 4.39 Å². The Hall–Kier alpha value is -4.83. The minimum Gasteiger partial charge on any atom is -0.390 e. The van der Waals surface area contributed by atoms with Gasteiger partial charge in [0.1, 0.15) is 11.5 Å². The van der Waals surface area contributed by atoms with E-state index in [1.165, 1.54) is 29.6 Å². The fourth-order valence-electron chi connectivity index (χ4n) is 5.60. The zero-order valence-corrected chi connectivity index (χ0v) is 25.4. The molecule has 0 amide bonds. The second-order valence-corrected chi connectivity index (χ2v) is 11.2. The Morgan fingerprint density at radius 2 is 1.98 bits per heavy atom. The normalized spacial score (nSPS) is 14.2. The molecule has 0 saturated heterocycles. The summed E-state index contributed by atoms with van der Waals surface area (Å²) < 4.78 is 15.7. The number of hydrogen-bond donors (Lipinski definition) is 2. The Balaban J connectivity index is 1.26. The van der Waals surface area contributed by atoms with Crippen LogP contribution >= 0.6 is 0 Å². The fraction of sp³-hybridized carbons (Fsp3) is 0.294. The number of hydrogen-bond acceptors (Lipinski definition) is 7. The third-order valence-electron chi connectivity index (χ3n) is 7.93. The molecule has 0 aliphatic carbocycles.